The van der Waals surface area contributed by atoms with E-state index in [1.54, 1.807) is 0 Å². The molecule has 0 amide bonds. The normalized spacial score (nSPS) is 14.8. The van der Waals surface area contributed by atoms with E-state index >= 15 is 0 Å². The Morgan fingerprint density at radius 2 is 0.841 bits per heavy atom. The van der Waals surface area contributed by atoms with Gasteiger partial charge in [0.1, 0.15) is 0 Å². The number of fused-ring (bicyclic) bond motifs is 16. The van der Waals surface area contributed by atoms with Crippen LogP contribution in [-0.4, -0.2) is 4.57 Å². The highest BCUT2D eigenvalue weighted by molar-refractivity contribution is 6.15. The summed E-state index contributed by atoms with van der Waals surface area (Å²) in [6.45, 7) is 9.49. The number of aromatic nitrogens is 1. The largest absolute Gasteiger partial charge is 0.309 e. The monoisotopic (exact) mass is 881 g/mol. The zero-order valence-corrected chi connectivity index (χ0v) is 39.0. The fourth-order valence-electron chi connectivity index (χ4n) is 12.9. The smallest absolute Gasteiger partial charge is 0.0782 e. The van der Waals surface area contributed by atoms with E-state index in [1.807, 2.05) is 0 Å². The van der Waals surface area contributed by atoms with Gasteiger partial charge in [0.2, 0.25) is 0 Å². The Balaban J connectivity index is 0.923. The molecule has 69 heavy (non-hydrogen) atoms. The third kappa shape index (κ3) is 5.12. The van der Waals surface area contributed by atoms with E-state index < -0.39 is 0 Å². The van der Waals surface area contributed by atoms with Gasteiger partial charge in [-0.3, -0.25) is 0 Å². The molecule has 0 spiro atoms. The lowest BCUT2D eigenvalue weighted by Crippen LogP contribution is -2.25. The van der Waals surface area contributed by atoms with Gasteiger partial charge in [0.25, 0.3) is 0 Å². The average molecular weight is 882 g/mol. The van der Waals surface area contributed by atoms with Gasteiger partial charge in [-0.1, -0.05) is 161 Å². The summed E-state index contributed by atoms with van der Waals surface area (Å²) >= 11 is 0. The molecule has 0 fully saturated rings. The molecular formula is C66H47N3. The minimum absolute atomic E-state index is 0.0963. The van der Waals surface area contributed by atoms with Crippen molar-refractivity contribution in [3.63, 3.8) is 0 Å². The molecule has 0 saturated heterocycles. The van der Waals surface area contributed by atoms with Crippen molar-refractivity contribution < 1.29 is 0 Å². The summed E-state index contributed by atoms with van der Waals surface area (Å²) in [5.74, 6) is 0. The molecule has 1 aromatic heterocycles. The number of rotatable bonds is 3. The number of anilines is 6. The van der Waals surface area contributed by atoms with Gasteiger partial charge in [-0.25, -0.2) is 0 Å². The second-order valence-electron chi connectivity index (χ2n) is 20.5. The third-order valence-electron chi connectivity index (χ3n) is 16.2. The SMILES string of the molecule is CC1(C)c2ccccc2-c2ccc(N3c4ccccc4N4c5ccc(-c6ccc7c(c6)c6cc8c(cc6n7-c6ccccc6)C(C)(C)c6ccccc6-8)cc5-c5ccccc5-c5cccc3c54)cc21. The van der Waals surface area contributed by atoms with Crippen LogP contribution in [-0.2, 0) is 10.8 Å². The van der Waals surface area contributed by atoms with E-state index in [1.165, 1.54) is 128 Å². The minimum Gasteiger partial charge on any atom is -0.309 e. The van der Waals surface area contributed by atoms with E-state index in [0.717, 1.165) is 11.4 Å². The van der Waals surface area contributed by atoms with Gasteiger partial charge >= 0.3 is 0 Å². The maximum atomic E-state index is 2.54. The maximum Gasteiger partial charge on any atom is 0.0782 e. The first-order valence-corrected chi connectivity index (χ1v) is 24.3. The van der Waals surface area contributed by atoms with Gasteiger partial charge in [0.15, 0.2) is 0 Å². The van der Waals surface area contributed by atoms with Crippen molar-refractivity contribution in [3.8, 4) is 61.3 Å². The van der Waals surface area contributed by atoms with E-state index in [0.29, 0.717) is 0 Å². The number of nitrogens with zero attached hydrogens (tertiary/aromatic N) is 3. The second kappa shape index (κ2) is 13.6. The highest BCUT2D eigenvalue weighted by Gasteiger charge is 2.40. The minimum atomic E-state index is -0.112. The number of para-hydroxylation sites is 4. The Morgan fingerprint density at radius 3 is 1.59 bits per heavy atom. The van der Waals surface area contributed by atoms with Crippen LogP contribution >= 0.6 is 0 Å². The van der Waals surface area contributed by atoms with E-state index in [-0.39, 0.29) is 10.8 Å². The van der Waals surface area contributed by atoms with Crippen LogP contribution in [0.5, 0.6) is 0 Å². The maximum absolute atomic E-state index is 2.54. The zero-order chi connectivity index (χ0) is 45.9. The van der Waals surface area contributed by atoms with Crippen LogP contribution in [0.4, 0.5) is 34.1 Å². The lowest BCUT2D eigenvalue weighted by atomic mass is 9.82. The quantitative estimate of drug-likeness (QED) is 0.175. The van der Waals surface area contributed by atoms with E-state index in [4.69, 9.17) is 0 Å². The third-order valence-corrected chi connectivity index (χ3v) is 16.2. The molecule has 0 saturated carbocycles. The molecular weight excluding hydrogens is 835 g/mol. The summed E-state index contributed by atoms with van der Waals surface area (Å²) < 4.78 is 2.47. The molecule has 3 heteroatoms. The summed E-state index contributed by atoms with van der Waals surface area (Å²) in [5, 5.41) is 2.53. The van der Waals surface area contributed by atoms with E-state index in [2.05, 4.69) is 254 Å². The first-order valence-electron chi connectivity index (χ1n) is 24.3. The zero-order valence-electron chi connectivity index (χ0n) is 39.0. The standard InChI is InChI=1S/C66H47N3/c1-65(2)54-24-12-10-21-46(54)48-32-31-43(37-56(48)65)68-60-26-14-15-27-61(60)69-59-34-30-40(35-51(59)45-20-9-8-19-44(45)49-23-16-28-62(68)64(49)69)41-29-33-58-52(36-41)53-38-50-47-22-11-13-25-55(47)66(3,4)57(50)39-63(53)67(58)42-17-6-5-7-18-42/h5-39H,1-4H3. The summed E-state index contributed by atoms with van der Waals surface area (Å²) in [6.07, 6.45) is 0. The number of hydrogen-bond acceptors (Lipinski definition) is 2. The molecule has 4 aliphatic rings. The fourth-order valence-corrected chi connectivity index (χ4v) is 12.9. The van der Waals surface area contributed by atoms with Crippen LogP contribution in [0.1, 0.15) is 49.9 Å². The Labute approximate surface area is 402 Å². The Hall–Kier alpha value is -8.40. The highest BCUT2D eigenvalue weighted by atomic mass is 15.3. The van der Waals surface area contributed by atoms with Crippen molar-refractivity contribution in [2.24, 2.45) is 0 Å². The second-order valence-corrected chi connectivity index (χ2v) is 20.5. The molecule has 0 N–H and O–H groups in total. The first kappa shape index (κ1) is 38.7. The predicted octanol–water partition coefficient (Wildman–Crippen LogP) is 18.0. The number of benzene rings is 10. The van der Waals surface area contributed by atoms with Crippen LogP contribution in [0.15, 0.2) is 212 Å². The summed E-state index contributed by atoms with van der Waals surface area (Å²) in [7, 11) is 0. The molecule has 3 heterocycles. The predicted molar refractivity (Wildman–Crippen MR) is 289 cm³/mol. The molecule has 0 atom stereocenters. The molecule has 3 nitrogen and oxygen atoms in total. The van der Waals surface area contributed by atoms with Gasteiger partial charge < -0.3 is 14.4 Å². The molecule has 2 aliphatic heterocycles. The van der Waals surface area contributed by atoms with Crippen LogP contribution in [0.2, 0.25) is 0 Å². The fraction of sp³-hybridized carbons (Fsp3) is 0.0909. The number of hydrogen-bond donors (Lipinski definition) is 0. The van der Waals surface area contributed by atoms with Gasteiger partial charge in [-0.05, 0) is 146 Å². The highest BCUT2D eigenvalue weighted by Crippen LogP contribution is 2.62. The van der Waals surface area contributed by atoms with Gasteiger partial charge in [0, 0.05) is 44.1 Å². The molecule has 15 rings (SSSR count). The first-order chi connectivity index (χ1) is 33.8. The molecule has 11 aromatic rings. The Morgan fingerprint density at radius 1 is 0.290 bits per heavy atom. The molecule has 326 valence electrons. The van der Waals surface area contributed by atoms with Crippen molar-refractivity contribution in [1.82, 2.24) is 4.57 Å². The molecule has 0 radical (unpaired) electrons. The molecule has 10 aromatic carbocycles. The Kier molecular flexibility index (Phi) is 7.63. The van der Waals surface area contributed by atoms with Crippen LogP contribution in [0.25, 0.3) is 83.1 Å². The van der Waals surface area contributed by atoms with Gasteiger partial charge in [-0.15, -0.1) is 0 Å². The Bertz CT molecular complexity index is 4030. The summed E-state index contributed by atoms with van der Waals surface area (Å²) in [4.78, 5) is 5.04. The van der Waals surface area contributed by atoms with Gasteiger partial charge in [0.05, 0.1) is 39.5 Å². The van der Waals surface area contributed by atoms with Crippen molar-refractivity contribution in [2.75, 3.05) is 9.80 Å². The van der Waals surface area contributed by atoms with Crippen molar-refractivity contribution in [3.05, 3.63) is 235 Å². The molecule has 0 unspecified atom stereocenters. The van der Waals surface area contributed by atoms with Crippen LogP contribution in [0, 0.1) is 0 Å². The topological polar surface area (TPSA) is 11.4 Å². The molecule has 0 bridgehead atoms. The molecule has 2 aliphatic carbocycles. The average Bonchev–Trinajstić information content (AvgIpc) is 3.88. The van der Waals surface area contributed by atoms with Crippen molar-refractivity contribution in [2.45, 2.75) is 38.5 Å². The summed E-state index contributed by atoms with van der Waals surface area (Å²) in [5.41, 5.74) is 28.6. The lowest BCUT2D eigenvalue weighted by Gasteiger charge is -2.41. The lowest BCUT2D eigenvalue weighted by molar-refractivity contribution is 0.660. The van der Waals surface area contributed by atoms with Gasteiger partial charge in [-0.2, -0.15) is 0 Å². The van der Waals surface area contributed by atoms with Crippen molar-refractivity contribution >= 4 is 55.9 Å². The van der Waals surface area contributed by atoms with Crippen LogP contribution in [0.3, 0.4) is 0 Å². The van der Waals surface area contributed by atoms with Crippen molar-refractivity contribution in [1.29, 1.82) is 0 Å². The van der Waals surface area contributed by atoms with Crippen LogP contribution < -0.4 is 9.80 Å². The summed E-state index contributed by atoms with van der Waals surface area (Å²) in [6, 6.07) is 80.0. The van der Waals surface area contributed by atoms with E-state index in [9.17, 15) is 0 Å².